The van der Waals surface area contributed by atoms with Gasteiger partial charge in [-0.1, -0.05) is 25.1 Å². The molecule has 1 unspecified atom stereocenters. The number of hydrogen-bond acceptors (Lipinski definition) is 3. The lowest BCUT2D eigenvalue weighted by atomic mass is 10.1. The molecule has 0 aromatic heterocycles. The molecule has 1 rings (SSSR count). The Hall–Kier alpha value is -1.78. The van der Waals surface area contributed by atoms with Crippen molar-refractivity contribution in [2.45, 2.75) is 26.9 Å². The van der Waals surface area contributed by atoms with E-state index in [1.807, 2.05) is 20.8 Å². The normalized spacial score (nSPS) is 13.8. The first kappa shape index (κ1) is 13.3. The standard InChI is InChI=1S/C12H17FN2O2/c1-7(2)8(3)17-10-6-4-5-9(13)11(10)12(14)15-16/h4-8,16H,1-3H3,(H2,14,15). The predicted octanol–water partition coefficient (Wildman–Crippen LogP) is 2.34. The SMILES string of the molecule is CC(C)C(C)Oc1cccc(F)c1C(N)=NO. The van der Waals surface area contributed by atoms with Crippen LogP contribution in [0.3, 0.4) is 0 Å². The van der Waals surface area contributed by atoms with E-state index in [1.165, 1.54) is 12.1 Å². The number of halogens is 1. The molecule has 3 N–H and O–H groups in total. The highest BCUT2D eigenvalue weighted by Gasteiger charge is 2.17. The van der Waals surface area contributed by atoms with Crippen molar-refractivity contribution in [2.24, 2.45) is 16.8 Å². The smallest absolute Gasteiger partial charge is 0.176 e. The van der Waals surface area contributed by atoms with Crippen molar-refractivity contribution in [3.63, 3.8) is 0 Å². The van der Waals surface area contributed by atoms with Crippen LogP contribution in [0.4, 0.5) is 4.39 Å². The van der Waals surface area contributed by atoms with Gasteiger partial charge in [-0.3, -0.25) is 0 Å². The molecule has 1 aromatic rings. The van der Waals surface area contributed by atoms with E-state index >= 15 is 0 Å². The van der Waals surface area contributed by atoms with Crippen molar-refractivity contribution in [3.8, 4) is 5.75 Å². The molecule has 1 atom stereocenters. The third-order valence-electron chi connectivity index (χ3n) is 2.59. The fraction of sp³-hybridized carbons (Fsp3) is 0.417. The predicted molar refractivity (Wildman–Crippen MR) is 63.8 cm³/mol. The van der Waals surface area contributed by atoms with Gasteiger partial charge in [0.15, 0.2) is 5.84 Å². The van der Waals surface area contributed by atoms with Gasteiger partial charge < -0.3 is 15.7 Å². The van der Waals surface area contributed by atoms with Gasteiger partial charge in [0.05, 0.1) is 11.7 Å². The van der Waals surface area contributed by atoms with Gasteiger partial charge in [0.25, 0.3) is 0 Å². The summed E-state index contributed by atoms with van der Waals surface area (Å²) in [6.07, 6.45) is -0.0953. The Morgan fingerprint density at radius 3 is 2.59 bits per heavy atom. The molecule has 0 radical (unpaired) electrons. The molecule has 5 heteroatoms. The van der Waals surface area contributed by atoms with Crippen LogP contribution in [0.5, 0.6) is 5.75 Å². The molecule has 0 aliphatic carbocycles. The van der Waals surface area contributed by atoms with Crippen LogP contribution < -0.4 is 10.5 Å². The van der Waals surface area contributed by atoms with Crippen LogP contribution in [-0.2, 0) is 0 Å². The zero-order chi connectivity index (χ0) is 13.0. The molecule has 0 heterocycles. The summed E-state index contributed by atoms with van der Waals surface area (Å²) in [5.41, 5.74) is 5.42. The van der Waals surface area contributed by atoms with Crippen LogP contribution in [0, 0.1) is 11.7 Å². The van der Waals surface area contributed by atoms with Crippen molar-refractivity contribution in [1.29, 1.82) is 0 Å². The lowest BCUT2D eigenvalue weighted by Crippen LogP contribution is -2.22. The molecule has 0 aliphatic rings. The van der Waals surface area contributed by atoms with Gasteiger partial charge in [0, 0.05) is 0 Å². The molecule has 0 fully saturated rings. The van der Waals surface area contributed by atoms with Crippen molar-refractivity contribution in [2.75, 3.05) is 0 Å². The number of nitrogens with two attached hydrogens (primary N) is 1. The molecule has 0 amide bonds. The first-order valence-corrected chi connectivity index (χ1v) is 5.40. The van der Waals surface area contributed by atoms with E-state index in [0.29, 0.717) is 0 Å². The Kier molecular flexibility index (Phi) is 4.31. The molecule has 94 valence electrons. The molecule has 0 spiro atoms. The fourth-order valence-electron chi connectivity index (χ4n) is 1.24. The molecule has 0 saturated heterocycles. The molecular weight excluding hydrogens is 223 g/mol. The van der Waals surface area contributed by atoms with E-state index < -0.39 is 5.82 Å². The Morgan fingerprint density at radius 2 is 2.06 bits per heavy atom. The number of hydrogen-bond donors (Lipinski definition) is 2. The van der Waals surface area contributed by atoms with Crippen LogP contribution in [0.15, 0.2) is 23.4 Å². The summed E-state index contributed by atoms with van der Waals surface area (Å²) in [6.45, 7) is 5.87. The Labute approximate surface area is 99.9 Å². The second kappa shape index (κ2) is 5.52. The van der Waals surface area contributed by atoms with E-state index in [9.17, 15) is 4.39 Å². The van der Waals surface area contributed by atoms with Crippen molar-refractivity contribution < 1.29 is 14.3 Å². The number of nitrogens with zero attached hydrogens (tertiary/aromatic N) is 1. The molecule has 0 aliphatic heterocycles. The van der Waals surface area contributed by atoms with Crippen LogP contribution in [0.1, 0.15) is 26.3 Å². The van der Waals surface area contributed by atoms with Gasteiger partial charge in [0.1, 0.15) is 11.6 Å². The fourth-order valence-corrected chi connectivity index (χ4v) is 1.24. The average Bonchev–Trinajstić information content (AvgIpc) is 2.28. The Bertz CT molecular complexity index is 419. The molecule has 17 heavy (non-hydrogen) atoms. The zero-order valence-corrected chi connectivity index (χ0v) is 10.1. The number of rotatable bonds is 4. The van der Waals surface area contributed by atoms with Crippen LogP contribution in [0.25, 0.3) is 0 Å². The van der Waals surface area contributed by atoms with Crippen molar-refractivity contribution >= 4 is 5.84 Å². The largest absolute Gasteiger partial charge is 0.490 e. The summed E-state index contributed by atoms with van der Waals surface area (Å²) in [5, 5.41) is 11.4. The summed E-state index contributed by atoms with van der Waals surface area (Å²) in [4.78, 5) is 0. The van der Waals surface area contributed by atoms with Gasteiger partial charge in [-0.05, 0) is 25.0 Å². The lowest BCUT2D eigenvalue weighted by molar-refractivity contribution is 0.169. The quantitative estimate of drug-likeness (QED) is 0.367. The number of benzene rings is 1. The maximum Gasteiger partial charge on any atom is 0.176 e. The second-order valence-corrected chi connectivity index (χ2v) is 4.17. The average molecular weight is 240 g/mol. The van der Waals surface area contributed by atoms with Gasteiger partial charge in [-0.15, -0.1) is 0 Å². The number of ether oxygens (including phenoxy) is 1. The molecule has 0 bridgehead atoms. The summed E-state index contributed by atoms with van der Waals surface area (Å²) >= 11 is 0. The minimum absolute atomic E-state index is 0.0116. The van der Waals surface area contributed by atoms with Crippen molar-refractivity contribution in [3.05, 3.63) is 29.6 Å². The molecule has 1 aromatic carbocycles. The number of oxime groups is 1. The summed E-state index contributed by atoms with van der Waals surface area (Å²) in [6, 6.07) is 4.35. The van der Waals surface area contributed by atoms with E-state index in [1.54, 1.807) is 6.07 Å². The summed E-state index contributed by atoms with van der Waals surface area (Å²) < 4.78 is 19.2. The highest BCUT2D eigenvalue weighted by atomic mass is 19.1. The maximum absolute atomic E-state index is 13.6. The third-order valence-corrected chi connectivity index (χ3v) is 2.59. The molecule has 0 saturated carbocycles. The van der Waals surface area contributed by atoms with E-state index in [-0.39, 0.29) is 29.2 Å². The molecular formula is C12H17FN2O2. The summed E-state index contributed by atoms with van der Waals surface area (Å²) in [5.74, 6) is -0.317. The molecule has 4 nitrogen and oxygen atoms in total. The third kappa shape index (κ3) is 3.09. The zero-order valence-electron chi connectivity index (χ0n) is 10.1. The van der Waals surface area contributed by atoms with Gasteiger partial charge in [-0.2, -0.15) is 0 Å². The van der Waals surface area contributed by atoms with Crippen LogP contribution in [0.2, 0.25) is 0 Å². The monoisotopic (exact) mass is 240 g/mol. The second-order valence-electron chi connectivity index (χ2n) is 4.17. The van der Waals surface area contributed by atoms with Crippen LogP contribution in [-0.4, -0.2) is 17.1 Å². The lowest BCUT2D eigenvalue weighted by Gasteiger charge is -2.20. The van der Waals surface area contributed by atoms with Gasteiger partial charge >= 0.3 is 0 Å². The highest BCUT2D eigenvalue weighted by molar-refractivity contribution is 5.99. The maximum atomic E-state index is 13.6. The first-order chi connectivity index (χ1) is 7.97. The van der Waals surface area contributed by atoms with Gasteiger partial charge in [-0.25, -0.2) is 4.39 Å². The van der Waals surface area contributed by atoms with E-state index in [2.05, 4.69) is 5.16 Å². The highest BCUT2D eigenvalue weighted by Crippen LogP contribution is 2.23. The van der Waals surface area contributed by atoms with E-state index in [0.717, 1.165) is 0 Å². The van der Waals surface area contributed by atoms with Crippen LogP contribution >= 0.6 is 0 Å². The Balaban J connectivity index is 3.11. The Morgan fingerprint density at radius 1 is 1.41 bits per heavy atom. The minimum atomic E-state index is -0.575. The topological polar surface area (TPSA) is 67.8 Å². The van der Waals surface area contributed by atoms with Crippen molar-refractivity contribution in [1.82, 2.24) is 0 Å². The summed E-state index contributed by atoms with van der Waals surface area (Å²) in [7, 11) is 0. The van der Waals surface area contributed by atoms with Gasteiger partial charge in [0.2, 0.25) is 0 Å². The van der Waals surface area contributed by atoms with E-state index in [4.69, 9.17) is 15.7 Å². The number of amidine groups is 1. The minimum Gasteiger partial charge on any atom is -0.490 e. The first-order valence-electron chi connectivity index (χ1n) is 5.40.